The average molecular weight is 250 g/mol. The van der Waals surface area contributed by atoms with Crippen LogP contribution in [0, 0.1) is 5.82 Å². The lowest BCUT2D eigenvalue weighted by molar-refractivity contribution is -0.123. The fraction of sp³-hybridized carbons (Fsp3) is 0.500. The van der Waals surface area contributed by atoms with E-state index in [9.17, 15) is 9.18 Å². The number of nitrogens with one attached hydrogen (secondary N) is 2. The summed E-state index contributed by atoms with van der Waals surface area (Å²) in [5.41, 5.74) is 1.04. The molecule has 1 atom stereocenters. The van der Waals surface area contributed by atoms with Crippen LogP contribution in [-0.2, 0) is 11.2 Å². The van der Waals surface area contributed by atoms with E-state index in [0.29, 0.717) is 6.54 Å². The second-order valence-corrected chi connectivity index (χ2v) is 4.67. The Hall–Kier alpha value is -1.42. The quantitative estimate of drug-likeness (QED) is 0.852. The molecule has 1 saturated heterocycles. The molecule has 1 amide bonds. The summed E-state index contributed by atoms with van der Waals surface area (Å²) in [5.74, 6) is -0.147. The Morgan fingerprint density at radius 3 is 2.78 bits per heavy atom. The minimum Gasteiger partial charge on any atom is -0.354 e. The molecule has 1 aliphatic rings. The Labute approximate surface area is 107 Å². The maximum atomic E-state index is 12.7. The van der Waals surface area contributed by atoms with Crippen LogP contribution in [0.3, 0.4) is 0 Å². The van der Waals surface area contributed by atoms with E-state index in [1.807, 2.05) is 0 Å². The summed E-state index contributed by atoms with van der Waals surface area (Å²) in [5, 5.41) is 6.13. The van der Waals surface area contributed by atoms with E-state index >= 15 is 0 Å². The second kappa shape index (κ2) is 6.50. The molecule has 3 nitrogen and oxygen atoms in total. The van der Waals surface area contributed by atoms with Gasteiger partial charge in [-0.05, 0) is 43.5 Å². The number of hydrogen-bond donors (Lipinski definition) is 2. The van der Waals surface area contributed by atoms with E-state index < -0.39 is 0 Å². The van der Waals surface area contributed by atoms with Gasteiger partial charge < -0.3 is 10.6 Å². The molecular weight excluding hydrogens is 231 g/mol. The lowest BCUT2D eigenvalue weighted by atomic mass is 10.0. The van der Waals surface area contributed by atoms with Crippen LogP contribution in [0.5, 0.6) is 0 Å². The first kappa shape index (κ1) is 13.0. The van der Waals surface area contributed by atoms with Crippen molar-refractivity contribution in [1.29, 1.82) is 0 Å². The number of rotatable bonds is 4. The van der Waals surface area contributed by atoms with Gasteiger partial charge in [-0.15, -0.1) is 0 Å². The highest BCUT2D eigenvalue weighted by Crippen LogP contribution is 2.07. The molecule has 0 aliphatic carbocycles. The zero-order valence-corrected chi connectivity index (χ0v) is 10.4. The van der Waals surface area contributed by atoms with Gasteiger partial charge in [0.05, 0.1) is 6.04 Å². The van der Waals surface area contributed by atoms with Crippen molar-refractivity contribution in [3.05, 3.63) is 35.6 Å². The highest BCUT2D eigenvalue weighted by molar-refractivity contribution is 5.81. The molecule has 1 aliphatic heterocycles. The molecule has 0 aromatic heterocycles. The van der Waals surface area contributed by atoms with Crippen LogP contribution in [0.25, 0.3) is 0 Å². The predicted molar refractivity (Wildman–Crippen MR) is 68.8 cm³/mol. The molecule has 2 rings (SSSR count). The Morgan fingerprint density at radius 2 is 2.11 bits per heavy atom. The van der Waals surface area contributed by atoms with Crippen molar-refractivity contribution in [1.82, 2.24) is 10.6 Å². The first-order chi connectivity index (χ1) is 8.75. The molecule has 0 spiro atoms. The summed E-state index contributed by atoms with van der Waals surface area (Å²) in [4.78, 5) is 11.8. The summed E-state index contributed by atoms with van der Waals surface area (Å²) < 4.78 is 12.7. The molecule has 1 aromatic rings. The smallest absolute Gasteiger partial charge is 0.237 e. The van der Waals surface area contributed by atoms with Crippen LogP contribution in [0.4, 0.5) is 4.39 Å². The fourth-order valence-corrected chi connectivity index (χ4v) is 2.18. The van der Waals surface area contributed by atoms with Crippen molar-refractivity contribution in [3.63, 3.8) is 0 Å². The van der Waals surface area contributed by atoms with E-state index in [1.54, 1.807) is 12.1 Å². The summed E-state index contributed by atoms with van der Waals surface area (Å²) in [6.07, 6.45) is 3.92. The van der Waals surface area contributed by atoms with Gasteiger partial charge in [0, 0.05) is 6.54 Å². The van der Waals surface area contributed by atoms with E-state index in [0.717, 1.165) is 37.8 Å². The number of amides is 1. The van der Waals surface area contributed by atoms with E-state index in [1.165, 1.54) is 12.1 Å². The lowest BCUT2D eigenvalue weighted by Gasteiger charge is -2.22. The Balaban J connectivity index is 1.71. The largest absolute Gasteiger partial charge is 0.354 e. The standard InChI is InChI=1S/C14H19FN2O/c15-12-6-4-11(5-7-12)8-10-17-14(18)13-3-1-2-9-16-13/h4-7,13,16H,1-3,8-10H2,(H,17,18)/t13-/m0/s1. The van der Waals surface area contributed by atoms with Crippen LogP contribution in [-0.4, -0.2) is 25.0 Å². The topological polar surface area (TPSA) is 41.1 Å². The summed E-state index contributed by atoms with van der Waals surface area (Å²) in [7, 11) is 0. The molecule has 0 bridgehead atoms. The van der Waals surface area contributed by atoms with Gasteiger partial charge in [-0.1, -0.05) is 18.6 Å². The number of hydrogen-bond acceptors (Lipinski definition) is 2. The molecule has 0 saturated carbocycles. The van der Waals surface area contributed by atoms with Gasteiger partial charge in [-0.2, -0.15) is 0 Å². The van der Waals surface area contributed by atoms with Crippen LogP contribution >= 0.6 is 0 Å². The second-order valence-electron chi connectivity index (χ2n) is 4.67. The van der Waals surface area contributed by atoms with E-state index in [4.69, 9.17) is 0 Å². The third kappa shape index (κ3) is 3.81. The van der Waals surface area contributed by atoms with Gasteiger partial charge >= 0.3 is 0 Å². The Kier molecular flexibility index (Phi) is 4.70. The summed E-state index contributed by atoms with van der Waals surface area (Å²) in [6, 6.07) is 6.35. The maximum Gasteiger partial charge on any atom is 0.237 e. The number of piperidine rings is 1. The normalized spacial score (nSPS) is 19.5. The molecular formula is C14H19FN2O. The number of carbonyl (C=O) groups is 1. The van der Waals surface area contributed by atoms with Crippen molar-refractivity contribution in [2.45, 2.75) is 31.7 Å². The van der Waals surface area contributed by atoms with Crippen LogP contribution in [0.15, 0.2) is 24.3 Å². The first-order valence-electron chi connectivity index (χ1n) is 6.51. The molecule has 1 fully saturated rings. The third-order valence-electron chi connectivity index (χ3n) is 3.25. The van der Waals surface area contributed by atoms with Crippen LogP contribution in [0.1, 0.15) is 24.8 Å². The van der Waals surface area contributed by atoms with Crippen molar-refractivity contribution in [3.8, 4) is 0 Å². The van der Waals surface area contributed by atoms with Crippen molar-refractivity contribution in [2.75, 3.05) is 13.1 Å². The van der Waals surface area contributed by atoms with Crippen molar-refractivity contribution < 1.29 is 9.18 Å². The lowest BCUT2D eigenvalue weighted by Crippen LogP contribution is -2.47. The monoisotopic (exact) mass is 250 g/mol. The number of benzene rings is 1. The third-order valence-corrected chi connectivity index (χ3v) is 3.25. The highest BCUT2D eigenvalue weighted by Gasteiger charge is 2.19. The highest BCUT2D eigenvalue weighted by atomic mass is 19.1. The SMILES string of the molecule is O=C(NCCc1ccc(F)cc1)[C@@H]1CCCCN1. The van der Waals surface area contributed by atoms with Gasteiger partial charge in [-0.3, -0.25) is 4.79 Å². The fourth-order valence-electron chi connectivity index (χ4n) is 2.18. The Morgan fingerprint density at radius 1 is 1.33 bits per heavy atom. The van der Waals surface area contributed by atoms with Crippen molar-refractivity contribution >= 4 is 5.91 Å². The van der Waals surface area contributed by atoms with E-state index in [2.05, 4.69) is 10.6 Å². The summed E-state index contributed by atoms with van der Waals surface area (Å²) in [6.45, 7) is 1.53. The van der Waals surface area contributed by atoms with Crippen molar-refractivity contribution in [2.24, 2.45) is 0 Å². The van der Waals surface area contributed by atoms with E-state index in [-0.39, 0.29) is 17.8 Å². The van der Waals surface area contributed by atoms with Crippen LogP contribution < -0.4 is 10.6 Å². The van der Waals surface area contributed by atoms with Gasteiger partial charge in [0.1, 0.15) is 5.82 Å². The predicted octanol–water partition coefficient (Wildman–Crippen LogP) is 1.63. The molecule has 1 heterocycles. The number of carbonyl (C=O) groups excluding carboxylic acids is 1. The van der Waals surface area contributed by atoms with Gasteiger partial charge in [0.15, 0.2) is 0 Å². The molecule has 2 N–H and O–H groups in total. The molecule has 18 heavy (non-hydrogen) atoms. The molecule has 4 heteroatoms. The molecule has 0 radical (unpaired) electrons. The Bertz CT molecular complexity index is 385. The summed E-state index contributed by atoms with van der Waals surface area (Å²) >= 11 is 0. The molecule has 0 unspecified atom stereocenters. The van der Waals surface area contributed by atoms with Gasteiger partial charge in [0.25, 0.3) is 0 Å². The zero-order chi connectivity index (χ0) is 12.8. The minimum absolute atomic E-state index is 0.0352. The zero-order valence-electron chi connectivity index (χ0n) is 10.4. The first-order valence-corrected chi connectivity index (χ1v) is 6.51. The minimum atomic E-state index is -0.228. The van der Waals surface area contributed by atoms with Crippen LogP contribution in [0.2, 0.25) is 0 Å². The number of halogens is 1. The van der Waals surface area contributed by atoms with Gasteiger partial charge in [-0.25, -0.2) is 4.39 Å². The average Bonchev–Trinajstić information content (AvgIpc) is 2.42. The maximum absolute atomic E-state index is 12.7. The molecule has 98 valence electrons. The molecule has 1 aromatic carbocycles. The van der Waals surface area contributed by atoms with Gasteiger partial charge in [0.2, 0.25) is 5.91 Å².